The number of pyridine rings is 1. The van der Waals surface area contributed by atoms with E-state index in [4.69, 9.17) is 4.74 Å². The molecule has 6 heteroatoms. The van der Waals surface area contributed by atoms with Gasteiger partial charge in [0.1, 0.15) is 11.9 Å². The van der Waals surface area contributed by atoms with E-state index in [1.807, 2.05) is 42.5 Å². The minimum Gasteiger partial charge on any atom is -0.489 e. The number of nitrogens with zero attached hydrogens (tertiary/aromatic N) is 2. The van der Waals surface area contributed by atoms with Crippen LogP contribution in [0.5, 0.6) is 5.75 Å². The Bertz CT molecular complexity index is 738. The second kappa shape index (κ2) is 9.48. The van der Waals surface area contributed by atoms with Gasteiger partial charge in [0.05, 0.1) is 18.3 Å². The Labute approximate surface area is 160 Å². The summed E-state index contributed by atoms with van der Waals surface area (Å²) >= 11 is 0. The van der Waals surface area contributed by atoms with Crippen LogP contribution in [0.15, 0.2) is 48.7 Å². The van der Waals surface area contributed by atoms with Crippen molar-refractivity contribution in [3.63, 3.8) is 0 Å². The molecule has 0 bridgehead atoms. The number of rotatable bonds is 8. The molecule has 1 aromatic carbocycles. The number of likely N-dealkylation sites (tertiary alicyclic amines) is 1. The van der Waals surface area contributed by atoms with Crippen molar-refractivity contribution >= 4 is 5.91 Å². The zero-order valence-electron chi connectivity index (χ0n) is 15.7. The van der Waals surface area contributed by atoms with Gasteiger partial charge in [-0.1, -0.05) is 30.3 Å². The lowest BCUT2D eigenvalue weighted by atomic mass is 10.1. The number of hydrogen-bond donors (Lipinski definition) is 2. The van der Waals surface area contributed by atoms with Crippen molar-refractivity contribution in [2.24, 2.45) is 0 Å². The van der Waals surface area contributed by atoms with Crippen LogP contribution in [0.3, 0.4) is 0 Å². The molecule has 0 spiro atoms. The standard InChI is InChI=1S/C21H27N3O3/c1-16(25)23-13-18-12-20(7-9-22-18)27-21-8-10-24(15-21)14-19(26)11-17-5-3-2-4-6-17/h2-7,9,12,19,21,26H,8,10-11,13-15H2,1H3,(H,23,25). The average molecular weight is 369 g/mol. The van der Waals surface area contributed by atoms with Crippen molar-refractivity contribution in [2.75, 3.05) is 19.6 Å². The van der Waals surface area contributed by atoms with Gasteiger partial charge in [-0.3, -0.25) is 14.7 Å². The van der Waals surface area contributed by atoms with Crippen LogP contribution in [0.25, 0.3) is 0 Å². The van der Waals surface area contributed by atoms with E-state index >= 15 is 0 Å². The number of amides is 1. The Morgan fingerprint density at radius 1 is 1.37 bits per heavy atom. The van der Waals surface area contributed by atoms with Crippen molar-refractivity contribution in [2.45, 2.75) is 38.5 Å². The smallest absolute Gasteiger partial charge is 0.217 e. The SMILES string of the molecule is CC(=O)NCc1cc(OC2CCN(CC(O)Cc3ccccc3)C2)ccn1. The third-order valence-corrected chi connectivity index (χ3v) is 4.62. The molecule has 2 aromatic rings. The van der Waals surface area contributed by atoms with E-state index in [0.29, 0.717) is 19.5 Å². The fourth-order valence-corrected chi connectivity index (χ4v) is 3.34. The summed E-state index contributed by atoms with van der Waals surface area (Å²) in [5.74, 6) is 0.686. The second-order valence-electron chi connectivity index (χ2n) is 7.02. The zero-order chi connectivity index (χ0) is 19.1. The Hall–Kier alpha value is -2.44. The van der Waals surface area contributed by atoms with Crippen molar-refractivity contribution in [3.05, 3.63) is 59.9 Å². The van der Waals surface area contributed by atoms with Gasteiger partial charge < -0.3 is 15.2 Å². The van der Waals surface area contributed by atoms with Gasteiger partial charge in [0.25, 0.3) is 0 Å². The molecule has 1 amide bonds. The van der Waals surface area contributed by atoms with Gasteiger partial charge in [0, 0.05) is 38.8 Å². The first-order chi connectivity index (χ1) is 13.1. The van der Waals surface area contributed by atoms with Crippen LogP contribution in [0.1, 0.15) is 24.6 Å². The summed E-state index contributed by atoms with van der Waals surface area (Å²) in [6.45, 7) is 4.25. The summed E-state index contributed by atoms with van der Waals surface area (Å²) in [6.07, 6.45) is 3.02. The van der Waals surface area contributed by atoms with Gasteiger partial charge in [0.2, 0.25) is 5.91 Å². The van der Waals surface area contributed by atoms with Crippen molar-refractivity contribution in [1.82, 2.24) is 15.2 Å². The number of hydrogen-bond acceptors (Lipinski definition) is 5. The number of aliphatic hydroxyl groups is 1. The molecule has 6 nitrogen and oxygen atoms in total. The highest BCUT2D eigenvalue weighted by molar-refractivity contribution is 5.72. The van der Waals surface area contributed by atoms with E-state index < -0.39 is 0 Å². The van der Waals surface area contributed by atoms with Gasteiger partial charge in [-0.05, 0) is 24.5 Å². The molecule has 0 aliphatic carbocycles. The van der Waals surface area contributed by atoms with Crippen molar-refractivity contribution in [1.29, 1.82) is 0 Å². The molecule has 2 unspecified atom stereocenters. The first-order valence-electron chi connectivity index (χ1n) is 9.39. The molecule has 1 fully saturated rings. The van der Waals surface area contributed by atoms with Gasteiger partial charge in [-0.25, -0.2) is 0 Å². The molecule has 2 atom stereocenters. The van der Waals surface area contributed by atoms with Crippen LogP contribution in [0.4, 0.5) is 0 Å². The normalized spacial score (nSPS) is 18.2. The topological polar surface area (TPSA) is 74.7 Å². The Balaban J connectivity index is 1.45. The van der Waals surface area contributed by atoms with Crippen LogP contribution < -0.4 is 10.1 Å². The molecule has 1 aliphatic rings. The van der Waals surface area contributed by atoms with Gasteiger partial charge in [0.15, 0.2) is 0 Å². The maximum Gasteiger partial charge on any atom is 0.217 e. The molecule has 27 heavy (non-hydrogen) atoms. The third-order valence-electron chi connectivity index (χ3n) is 4.62. The maximum atomic E-state index is 11.0. The summed E-state index contributed by atoms with van der Waals surface area (Å²) in [5.41, 5.74) is 1.93. The highest BCUT2D eigenvalue weighted by Gasteiger charge is 2.25. The number of nitrogens with one attached hydrogen (secondary N) is 1. The summed E-state index contributed by atoms with van der Waals surface area (Å²) < 4.78 is 6.08. The summed E-state index contributed by atoms with van der Waals surface area (Å²) in [4.78, 5) is 17.5. The summed E-state index contributed by atoms with van der Waals surface area (Å²) in [7, 11) is 0. The lowest BCUT2D eigenvalue weighted by molar-refractivity contribution is -0.119. The monoisotopic (exact) mass is 369 g/mol. The first kappa shape index (κ1) is 19.3. The number of benzene rings is 1. The molecule has 1 saturated heterocycles. The number of ether oxygens (including phenoxy) is 1. The molecule has 2 N–H and O–H groups in total. The number of β-amino-alcohol motifs (C(OH)–C–C–N with tert-alkyl or cyclic N) is 1. The molecular weight excluding hydrogens is 342 g/mol. The predicted molar refractivity (Wildman–Crippen MR) is 103 cm³/mol. The van der Waals surface area contributed by atoms with Crippen molar-refractivity contribution in [3.8, 4) is 5.75 Å². The highest BCUT2D eigenvalue weighted by Crippen LogP contribution is 2.19. The quantitative estimate of drug-likeness (QED) is 0.742. The molecule has 144 valence electrons. The fourth-order valence-electron chi connectivity index (χ4n) is 3.34. The Morgan fingerprint density at radius 2 is 2.19 bits per heavy atom. The van der Waals surface area contributed by atoms with Gasteiger partial charge in [-0.2, -0.15) is 0 Å². The number of aliphatic hydroxyl groups excluding tert-OH is 1. The van der Waals surface area contributed by atoms with E-state index in [1.54, 1.807) is 6.20 Å². The van der Waals surface area contributed by atoms with E-state index in [2.05, 4.69) is 15.2 Å². The van der Waals surface area contributed by atoms with E-state index in [-0.39, 0.29) is 18.1 Å². The molecule has 1 aromatic heterocycles. The van der Waals surface area contributed by atoms with Crippen LogP contribution in [-0.2, 0) is 17.8 Å². The van der Waals surface area contributed by atoms with Crippen molar-refractivity contribution < 1.29 is 14.6 Å². The summed E-state index contributed by atoms with van der Waals surface area (Å²) in [5, 5.41) is 13.1. The lowest BCUT2D eigenvalue weighted by Gasteiger charge is -2.20. The number of carbonyl (C=O) groups excluding carboxylic acids is 1. The molecule has 1 aliphatic heterocycles. The Morgan fingerprint density at radius 3 is 2.96 bits per heavy atom. The highest BCUT2D eigenvalue weighted by atomic mass is 16.5. The minimum absolute atomic E-state index is 0.0800. The maximum absolute atomic E-state index is 11.0. The van der Waals surface area contributed by atoms with Gasteiger partial charge in [-0.15, -0.1) is 0 Å². The largest absolute Gasteiger partial charge is 0.489 e. The van der Waals surface area contributed by atoms with E-state index in [9.17, 15) is 9.90 Å². The molecule has 3 rings (SSSR count). The van der Waals surface area contributed by atoms with Crippen LogP contribution in [0.2, 0.25) is 0 Å². The molecule has 0 saturated carbocycles. The molecular formula is C21H27N3O3. The van der Waals surface area contributed by atoms with Gasteiger partial charge >= 0.3 is 0 Å². The molecule has 0 radical (unpaired) electrons. The molecule has 2 heterocycles. The second-order valence-corrected chi connectivity index (χ2v) is 7.02. The van der Waals surface area contributed by atoms with Crippen LogP contribution in [-0.4, -0.2) is 52.7 Å². The van der Waals surface area contributed by atoms with E-state index in [1.165, 1.54) is 6.92 Å². The number of carbonyl (C=O) groups is 1. The first-order valence-corrected chi connectivity index (χ1v) is 9.39. The summed E-state index contributed by atoms with van der Waals surface area (Å²) in [6, 6.07) is 13.8. The third kappa shape index (κ3) is 6.34. The fraction of sp³-hybridized carbons (Fsp3) is 0.429. The van der Waals surface area contributed by atoms with E-state index in [0.717, 1.165) is 36.5 Å². The Kier molecular flexibility index (Phi) is 6.79. The number of aromatic nitrogens is 1. The predicted octanol–water partition coefficient (Wildman–Crippen LogP) is 1.77. The minimum atomic E-state index is -0.378. The van der Waals surface area contributed by atoms with Crippen LogP contribution >= 0.6 is 0 Å². The average Bonchev–Trinajstić information content (AvgIpc) is 3.07. The van der Waals surface area contributed by atoms with Crippen LogP contribution in [0, 0.1) is 0 Å². The zero-order valence-corrected chi connectivity index (χ0v) is 15.7. The lowest BCUT2D eigenvalue weighted by Crippen LogP contribution is -2.33.